The lowest BCUT2D eigenvalue weighted by Gasteiger charge is -2.19. The fourth-order valence-electron chi connectivity index (χ4n) is 1.73. The van der Waals surface area contributed by atoms with E-state index in [4.69, 9.17) is 9.47 Å². The molecule has 0 aromatic carbocycles. The van der Waals surface area contributed by atoms with Gasteiger partial charge in [-0.2, -0.15) is 0 Å². The van der Waals surface area contributed by atoms with Gasteiger partial charge in [0.25, 0.3) is 0 Å². The van der Waals surface area contributed by atoms with Gasteiger partial charge in [0.05, 0.1) is 13.2 Å². The van der Waals surface area contributed by atoms with Crippen molar-refractivity contribution in [2.45, 2.75) is 46.3 Å². The summed E-state index contributed by atoms with van der Waals surface area (Å²) in [5.41, 5.74) is 0. The van der Waals surface area contributed by atoms with E-state index in [1.165, 1.54) is 13.4 Å². The molecule has 0 amide bonds. The summed E-state index contributed by atoms with van der Waals surface area (Å²) in [4.78, 5) is 19.9. The summed E-state index contributed by atoms with van der Waals surface area (Å²) in [7, 11) is 1.38. The lowest BCUT2D eigenvalue weighted by atomic mass is 10.0. The molecule has 1 N–H and O–H groups in total. The third-order valence-corrected chi connectivity index (χ3v) is 2.51. The molecule has 0 aliphatic rings. The Morgan fingerprint density at radius 2 is 2.00 bits per heavy atom. The summed E-state index contributed by atoms with van der Waals surface area (Å²) < 4.78 is 10.3. The quantitative estimate of drug-likeness (QED) is 0.773. The SMILES string of the molecule is COC(=O)C(CC(C)C)Nc1cc(OC(C)C)ncn1. The van der Waals surface area contributed by atoms with Gasteiger partial charge in [0, 0.05) is 6.07 Å². The number of aromatic nitrogens is 2. The minimum atomic E-state index is -0.429. The standard InChI is InChI=1S/C14H23N3O3/c1-9(2)6-11(14(18)19-5)17-12-7-13(16-8-15-12)20-10(3)4/h7-11H,6H2,1-5H3,(H,15,16,17). The number of esters is 1. The third kappa shape index (κ3) is 5.42. The number of hydrogen-bond donors (Lipinski definition) is 1. The molecular weight excluding hydrogens is 258 g/mol. The van der Waals surface area contributed by atoms with Gasteiger partial charge >= 0.3 is 5.97 Å². The Bertz CT molecular complexity index is 435. The molecule has 0 aliphatic heterocycles. The highest BCUT2D eigenvalue weighted by atomic mass is 16.5. The zero-order valence-electron chi connectivity index (χ0n) is 12.7. The van der Waals surface area contributed by atoms with E-state index in [2.05, 4.69) is 15.3 Å². The van der Waals surface area contributed by atoms with Crippen molar-refractivity contribution in [3.8, 4) is 5.88 Å². The molecule has 112 valence electrons. The molecule has 1 unspecified atom stereocenters. The normalized spacial score (nSPS) is 12.3. The van der Waals surface area contributed by atoms with Gasteiger partial charge in [-0.25, -0.2) is 14.8 Å². The molecule has 1 aromatic rings. The van der Waals surface area contributed by atoms with Crippen LogP contribution in [0.2, 0.25) is 0 Å². The number of rotatable bonds is 7. The van der Waals surface area contributed by atoms with Gasteiger partial charge in [-0.1, -0.05) is 13.8 Å². The van der Waals surface area contributed by atoms with Gasteiger partial charge in [0.2, 0.25) is 5.88 Å². The molecule has 1 rings (SSSR count). The van der Waals surface area contributed by atoms with Crippen molar-refractivity contribution in [3.05, 3.63) is 12.4 Å². The van der Waals surface area contributed by atoms with Gasteiger partial charge in [-0.15, -0.1) is 0 Å². The van der Waals surface area contributed by atoms with Gasteiger partial charge in [0.1, 0.15) is 18.2 Å². The van der Waals surface area contributed by atoms with E-state index in [0.717, 1.165) is 0 Å². The fraction of sp³-hybridized carbons (Fsp3) is 0.643. The second-order valence-electron chi connectivity index (χ2n) is 5.26. The van der Waals surface area contributed by atoms with Crippen LogP contribution in [0.15, 0.2) is 12.4 Å². The van der Waals surface area contributed by atoms with Crippen LogP contribution in [-0.2, 0) is 9.53 Å². The summed E-state index contributed by atoms with van der Waals surface area (Å²) in [6.07, 6.45) is 2.10. The Hall–Kier alpha value is -1.85. The number of hydrogen-bond acceptors (Lipinski definition) is 6. The van der Waals surface area contributed by atoms with E-state index >= 15 is 0 Å². The van der Waals surface area contributed by atoms with E-state index in [0.29, 0.717) is 24.0 Å². The van der Waals surface area contributed by atoms with E-state index in [1.54, 1.807) is 6.07 Å². The molecule has 0 spiro atoms. The predicted molar refractivity (Wildman–Crippen MR) is 76.7 cm³/mol. The highest BCUT2D eigenvalue weighted by Gasteiger charge is 2.21. The van der Waals surface area contributed by atoms with Gasteiger partial charge in [-0.3, -0.25) is 0 Å². The average Bonchev–Trinajstić information content (AvgIpc) is 2.36. The van der Waals surface area contributed by atoms with Gasteiger partial charge in [-0.05, 0) is 26.2 Å². The van der Waals surface area contributed by atoms with Crippen molar-refractivity contribution in [2.75, 3.05) is 12.4 Å². The highest BCUT2D eigenvalue weighted by molar-refractivity contribution is 5.78. The highest BCUT2D eigenvalue weighted by Crippen LogP contribution is 2.16. The minimum absolute atomic E-state index is 0.0322. The third-order valence-electron chi connectivity index (χ3n) is 2.51. The predicted octanol–water partition coefficient (Wildman–Crippen LogP) is 2.26. The number of nitrogens with zero attached hydrogens (tertiary/aromatic N) is 2. The second kappa shape index (κ2) is 7.67. The number of nitrogens with one attached hydrogen (secondary N) is 1. The first-order chi connectivity index (χ1) is 9.42. The van der Waals surface area contributed by atoms with Crippen LogP contribution < -0.4 is 10.1 Å². The van der Waals surface area contributed by atoms with Gasteiger partial charge in [0.15, 0.2) is 0 Å². The Morgan fingerprint density at radius 1 is 1.30 bits per heavy atom. The number of ether oxygens (including phenoxy) is 2. The number of carbonyl (C=O) groups is 1. The monoisotopic (exact) mass is 281 g/mol. The Balaban J connectivity index is 2.79. The van der Waals surface area contributed by atoms with Crippen LogP contribution in [0.1, 0.15) is 34.1 Å². The van der Waals surface area contributed by atoms with Crippen LogP contribution in [0.5, 0.6) is 5.88 Å². The molecule has 1 atom stereocenters. The summed E-state index contributed by atoms with van der Waals surface area (Å²) >= 11 is 0. The number of anilines is 1. The molecule has 0 saturated carbocycles. The van der Waals surface area contributed by atoms with E-state index in [9.17, 15) is 4.79 Å². The first-order valence-corrected chi connectivity index (χ1v) is 6.75. The Labute approximate surface area is 119 Å². The maximum Gasteiger partial charge on any atom is 0.328 e. The van der Waals surface area contributed by atoms with Crippen LogP contribution in [0, 0.1) is 5.92 Å². The lowest BCUT2D eigenvalue weighted by molar-refractivity contribution is -0.141. The topological polar surface area (TPSA) is 73.3 Å². The maximum absolute atomic E-state index is 11.8. The number of carbonyl (C=O) groups excluding carboxylic acids is 1. The average molecular weight is 281 g/mol. The van der Waals surface area contributed by atoms with Crippen LogP contribution in [0.4, 0.5) is 5.82 Å². The zero-order valence-corrected chi connectivity index (χ0v) is 12.7. The summed E-state index contributed by atoms with van der Waals surface area (Å²) in [6.45, 7) is 7.94. The minimum Gasteiger partial charge on any atom is -0.475 e. The van der Waals surface area contributed by atoms with Gasteiger partial charge < -0.3 is 14.8 Å². The van der Waals surface area contributed by atoms with Crippen LogP contribution in [-0.4, -0.2) is 35.2 Å². The smallest absolute Gasteiger partial charge is 0.328 e. The van der Waals surface area contributed by atoms with Crippen molar-refractivity contribution in [3.63, 3.8) is 0 Å². The molecular formula is C14H23N3O3. The molecule has 1 aromatic heterocycles. The molecule has 0 fully saturated rings. The maximum atomic E-state index is 11.8. The molecule has 0 saturated heterocycles. The van der Waals surface area contributed by atoms with E-state index in [-0.39, 0.29) is 12.1 Å². The summed E-state index contributed by atoms with van der Waals surface area (Å²) in [6, 6.07) is 1.25. The fourth-order valence-corrected chi connectivity index (χ4v) is 1.73. The van der Waals surface area contributed by atoms with Crippen LogP contribution in [0.25, 0.3) is 0 Å². The van der Waals surface area contributed by atoms with Crippen molar-refractivity contribution < 1.29 is 14.3 Å². The van der Waals surface area contributed by atoms with Crippen molar-refractivity contribution >= 4 is 11.8 Å². The summed E-state index contributed by atoms with van der Waals surface area (Å²) in [5.74, 6) is 1.08. The molecule has 6 heteroatoms. The summed E-state index contributed by atoms with van der Waals surface area (Å²) in [5, 5.41) is 3.07. The number of methoxy groups -OCH3 is 1. The second-order valence-corrected chi connectivity index (χ2v) is 5.26. The zero-order chi connectivity index (χ0) is 15.1. The molecule has 1 heterocycles. The Kier molecular flexibility index (Phi) is 6.21. The van der Waals surface area contributed by atoms with E-state index in [1.807, 2.05) is 27.7 Å². The molecule has 0 aliphatic carbocycles. The van der Waals surface area contributed by atoms with Crippen molar-refractivity contribution in [2.24, 2.45) is 5.92 Å². The molecule has 0 bridgehead atoms. The lowest BCUT2D eigenvalue weighted by Crippen LogP contribution is -2.32. The largest absolute Gasteiger partial charge is 0.475 e. The molecule has 0 radical (unpaired) electrons. The van der Waals surface area contributed by atoms with Crippen LogP contribution in [0.3, 0.4) is 0 Å². The van der Waals surface area contributed by atoms with Crippen LogP contribution >= 0.6 is 0 Å². The molecule has 6 nitrogen and oxygen atoms in total. The van der Waals surface area contributed by atoms with E-state index < -0.39 is 6.04 Å². The van der Waals surface area contributed by atoms with Crippen molar-refractivity contribution in [1.82, 2.24) is 9.97 Å². The molecule has 20 heavy (non-hydrogen) atoms. The first-order valence-electron chi connectivity index (χ1n) is 6.75. The van der Waals surface area contributed by atoms with Crippen molar-refractivity contribution in [1.29, 1.82) is 0 Å². The first kappa shape index (κ1) is 16.2. The Morgan fingerprint density at radius 3 is 2.55 bits per heavy atom.